The summed E-state index contributed by atoms with van der Waals surface area (Å²) in [6.07, 6.45) is 1.33. The second-order valence-electron chi connectivity index (χ2n) is 7.44. The second kappa shape index (κ2) is 8.67. The minimum Gasteiger partial charge on any atom is -0.339 e. The fraction of sp³-hybridized carbons (Fsp3) is 0.476. The third-order valence-electron chi connectivity index (χ3n) is 5.73. The molecule has 29 heavy (non-hydrogen) atoms. The first-order valence-corrected chi connectivity index (χ1v) is 11.7. The highest BCUT2D eigenvalue weighted by Gasteiger charge is 2.33. The summed E-state index contributed by atoms with van der Waals surface area (Å²) in [5.41, 5.74) is 1.23. The number of rotatable bonds is 4. The van der Waals surface area contributed by atoms with Gasteiger partial charge in [0.15, 0.2) is 0 Å². The molecule has 2 aromatic rings. The van der Waals surface area contributed by atoms with Crippen LogP contribution in [0.2, 0.25) is 0 Å². The molecule has 1 fully saturated rings. The number of thiophene rings is 2. The van der Waals surface area contributed by atoms with Crippen LogP contribution in [0.15, 0.2) is 29.0 Å². The number of fused-ring (bicyclic) bond motifs is 1. The van der Waals surface area contributed by atoms with E-state index < -0.39 is 0 Å². The monoisotopic (exact) mass is 431 g/mol. The SMILES string of the molecule is CC(=O)N1CCN(C(=O)CCC(=O)N2CCc3sccc3[C@@H]2c2cccs2)CC1. The van der Waals surface area contributed by atoms with E-state index in [1.807, 2.05) is 16.3 Å². The molecule has 0 aromatic carbocycles. The molecule has 6 nitrogen and oxygen atoms in total. The van der Waals surface area contributed by atoms with Gasteiger partial charge in [-0.3, -0.25) is 14.4 Å². The molecule has 2 aliphatic rings. The molecule has 2 aliphatic heterocycles. The third kappa shape index (κ3) is 4.23. The Morgan fingerprint density at radius 3 is 2.34 bits per heavy atom. The molecule has 1 atom stereocenters. The molecule has 154 valence electrons. The van der Waals surface area contributed by atoms with E-state index in [0.29, 0.717) is 32.7 Å². The maximum absolute atomic E-state index is 13.1. The van der Waals surface area contributed by atoms with Crippen LogP contribution < -0.4 is 0 Å². The number of carbonyl (C=O) groups is 3. The van der Waals surface area contributed by atoms with Crippen LogP contribution in [-0.2, 0) is 20.8 Å². The number of carbonyl (C=O) groups excluding carboxylic acids is 3. The summed E-state index contributed by atoms with van der Waals surface area (Å²) in [4.78, 5) is 45.1. The third-order valence-corrected chi connectivity index (χ3v) is 7.65. The maximum atomic E-state index is 13.1. The number of nitrogens with zero attached hydrogens (tertiary/aromatic N) is 3. The zero-order chi connectivity index (χ0) is 20.4. The minimum atomic E-state index is -0.0355. The van der Waals surface area contributed by atoms with Gasteiger partial charge in [-0.2, -0.15) is 0 Å². The maximum Gasteiger partial charge on any atom is 0.223 e. The molecule has 1 saturated heterocycles. The van der Waals surface area contributed by atoms with Crippen molar-refractivity contribution in [1.29, 1.82) is 0 Å². The lowest BCUT2D eigenvalue weighted by Gasteiger charge is -2.36. The predicted octanol–water partition coefficient (Wildman–Crippen LogP) is 2.75. The first kappa shape index (κ1) is 20.1. The van der Waals surface area contributed by atoms with Crippen molar-refractivity contribution in [2.75, 3.05) is 32.7 Å². The van der Waals surface area contributed by atoms with Gasteiger partial charge in [-0.15, -0.1) is 22.7 Å². The Hall–Kier alpha value is -2.19. The van der Waals surface area contributed by atoms with Crippen molar-refractivity contribution in [2.24, 2.45) is 0 Å². The van der Waals surface area contributed by atoms with Crippen LogP contribution >= 0.6 is 22.7 Å². The van der Waals surface area contributed by atoms with Gasteiger partial charge in [-0.05, 0) is 34.9 Å². The first-order chi connectivity index (χ1) is 14.0. The number of amides is 3. The van der Waals surface area contributed by atoms with E-state index in [-0.39, 0.29) is 36.6 Å². The molecule has 4 heterocycles. The lowest BCUT2D eigenvalue weighted by Crippen LogP contribution is -2.50. The smallest absolute Gasteiger partial charge is 0.223 e. The molecular formula is C21H25N3O3S2. The first-order valence-electron chi connectivity index (χ1n) is 9.97. The number of hydrogen-bond acceptors (Lipinski definition) is 5. The van der Waals surface area contributed by atoms with Gasteiger partial charge in [0, 0.05) is 62.2 Å². The van der Waals surface area contributed by atoms with Gasteiger partial charge in [0.2, 0.25) is 17.7 Å². The zero-order valence-corrected chi connectivity index (χ0v) is 18.1. The summed E-state index contributed by atoms with van der Waals surface area (Å²) in [6, 6.07) is 6.20. The van der Waals surface area contributed by atoms with Crippen LogP contribution in [0.25, 0.3) is 0 Å². The van der Waals surface area contributed by atoms with Crippen molar-refractivity contribution in [3.8, 4) is 0 Å². The van der Waals surface area contributed by atoms with Crippen molar-refractivity contribution in [2.45, 2.75) is 32.2 Å². The lowest BCUT2D eigenvalue weighted by molar-refractivity contribution is -0.140. The Morgan fingerprint density at radius 1 is 0.931 bits per heavy atom. The van der Waals surface area contributed by atoms with Gasteiger partial charge in [0.1, 0.15) is 0 Å². The topological polar surface area (TPSA) is 60.9 Å². The fourth-order valence-corrected chi connectivity index (χ4v) is 5.88. The Labute approximate surface area is 178 Å². The standard InChI is InChI=1S/C21H25N3O3S2/c1-15(25)22-9-11-23(12-10-22)19(26)4-5-20(27)24-8-6-17-16(7-14-29-17)21(24)18-3-2-13-28-18/h2-3,7,13-14,21H,4-6,8-12H2,1H3/t21-/m1/s1. The quantitative estimate of drug-likeness (QED) is 0.748. The van der Waals surface area contributed by atoms with E-state index in [9.17, 15) is 14.4 Å². The predicted molar refractivity (Wildman–Crippen MR) is 114 cm³/mol. The van der Waals surface area contributed by atoms with E-state index >= 15 is 0 Å². The number of hydrogen-bond donors (Lipinski definition) is 0. The largest absolute Gasteiger partial charge is 0.339 e. The van der Waals surface area contributed by atoms with Crippen molar-refractivity contribution < 1.29 is 14.4 Å². The zero-order valence-electron chi connectivity index (χ0n) is 16.5. The molecule has 0 unspecified atom stereocenters. The van der Waals surface area contributed by atoms with E-state index in [4.69, 9.17) is 0 Å². The molecule has 8 heteroatoms. The van der Waals surface area contributed by atoms with E-state index in [2.05, 4.69) is 17.5 Å². The molecule has 0 saturated carbocycles. The van der Waals surface area contributed by atoms with Crippen molar-refractivity contribution >= 4 is 40.4 Å². The van der Waals surface area contributed by atoms with Gasteiger partial charge in [0.05, 0.1) is 6.04 Å². The van der Waals surface area contributed by atoms with E-state index in [1.165, 1.54) is 15.3 Å². The van der Waals surface area contributed by atoms with Crippen LogP contribution in [0, 0.1) is 0 Å². The van der Waals surface area contributed by atoms with Crippen LogP contribution in [0.3, 0.4) is 0 Å². The van der Waals surface area contributed by atoms with Crippen molar-refractivity contribution in [3.63, 3.8) is 0 Å². The molecule has 0 N–H and O–H groups in total. The van der Waals surface area contributed by atoms with Crippen LogP contribution in [-0.4, -0.2) is 65.1 Å². The summed E-state index contributed by atoms with van der Waals surface area (Å²) >= 11 is 3.43. The summed E-state index contributed by atoms with van der Waals surface area (Å²) in [5.74, 6) is 0.0863. The van der Waals surface area contributed by atoms with E-state index in [1.54, 1.807) is 39.4 Å². The summed E-state index contributed by atoms with van der Waals surface area (Å²) in [5, 5.41) is 4.15. The molecule has 4 rings (SSSR count). The van der Waals surface area contributed by atoms with Gasteiger partial charge in [0.25, 0.3) is 0 Å². The molecule has 0 aliphatic carbocycles. The summed E-state index contributed by atoms with van der Waals surface area (Å²) < 4.78 is 0. The molecular weight excluding hydrogens is 406 g/mol. The van der Waals surface area contributed by atoms with Gasteiger partial charge in [-0.1, -0.05) is 6.07 Å². The highest BCUT2D eigenvalue weighted by molar-refractivity contribution is 7.10. The van der Waals surface area contributed by atoms with Gasteiger partial charge >= 0.3 is 0 Å². The van der Waals surface area contributed by atoms with Crippen LogP contribution in [0.5, 0.6) is 0 Å². The Kier molecular flexibility index (Phi) is 6.01. The average molecular weight is 432 g/mol. The lowest BCUT2D eigenvalue weighted by atomic mass is 9.98. The van der Waals surface area contributed by atoms with Crippen molar-refractivity contribution in [3.05, 3.63) is 44.3 Å². The molecule has 2 aromatic heterocycles. The molecule has 0 radical (unpaired) electrons. The number of piperazine rings is 1. The molecule has 0 spiro atoms. The highest BCUT2D eigenvalue weighted by Crippen LogP contribution is 2.39. The fourth-order valence-electron chi connectivity index (χ4n) is 4.13. The molecule has 3 amide bonds. The Balaban J connectivity index is 1.38. The van der Waals surface area contributed by atoms with E-state index in [0.717, 1.165) is 6.42 Å². The molecule has 0 bridgehead atoms. The average Bonchev–Trinajstić information content (AvgIpc) is 3.42. The second-order valence-corrected chi connectivity index (χ2v) is 9.42. The summed E-state index contributed by atoms with van der Waals surface area (Å²) in [7, 11) is 0. The Morgan fingerprint density at radius 2 is 1.66 bits per heavy atom. The van der Waals surface area contributed by atoms with Crippen LogP contribution in [0.4, 0.5) is 0 Å². The Bertz CT molecular complexity index is 885. The van der Waals surface area contributed by atoms with Crippen molar-refractivity contribution in [1.82, 2.24) is 14.7 Å². The van der Waals surface area contributed by atoms with Gasteiger partial charge < -0.3 is 14.7 Å². The minimum absolute atomic E-state index is 0.00228. The normalized spacial score (nSPS) is 19.2. The summed E-state index contributed by atoms with van der Waals surface area (Å²) in [6.45, 7) is 4.49. The van der Waals surface area contributed by atoms with Crippen LogP contribution in [0.1, 0.15) is 41.1 Å². The highest BCUT2D eigenvalue weighted by atomic mass is 32.1. The van der Waals surface area contributed by atoms with Gasteiger partial charge in [-0.25, -0.2) is 0 Å².